The number of rotatable bonds is 2. The van der Waals surface area contributed by atoms with Crippen molar-refractivity contribution in [1.82, 2.24) is 9.88 Å². The Morgan fingerprint density at radius 1 is 1.27 bits per heavy atom. The zero-order valence-corrected chi connectivity index (χ0v) is 13.4. The van der Waals surface area contributed by atoms with Crippen LogP contribution in [-0.4, -0.2) is 34.6 Å². The topological polar surface area (TPSA) is 57.6 Å². The average molecular weight is 358 g/mol. The third kappa shape index (κ3) is 2.83. The molecule has 5 nitrogen and oxygen atoms in total. The van der Waals surface area contributed by atoms with E-state index >= 15 is 0 Å². The minimum atomic E-state index is -4.44. The van der Waals surface area contributed by atoms with E-state index in [1.165, 1.54) is 18.3 Å². The minimum absolute atomic E-state index is 0.280. The van der Waals surface area contributed by atoms with Crippen molar-refractivity contribution in [2.45, 2.75) is 6.18 Å². The van der Waals surface area contributed by atoms with Crippen LogP contribution in [0.25, 0.3) is 0 Å². The first-order valence-corrected chi connectivity index (χ1v) is 7.90. The second kappa shape index (κ2) is 5.98. The van der Waals surface area contributed by atoms with Crippen LogP contribution in [-0.2, 0) is 6.18 Å². The van der Waals surface area contributed by atoms with E-state index in [2.05, 4.69) is 15.3 Å². The van der Waals surface area contributed by atoms with Crippen molar-refractivity contribution in [3.63, 3.8) is 0 Å². The number of anilines is 1. The van der Waals surface area contributed by atoms with Gasteiger partial charge in [-0.05, 0) is 30.3 Å². The summed E-state index contributed by atoms with van der Waals surface area (Å²) in [5, 5.41) is 2.95. The Labute approximate surface area is 146 Å². The predicted molar refractivity (Wildman–Crippen MR) is 89.8 cm³/mol. The first-order valence-electron chi connectivity index (χ1n) is 7.90. The third-order valence-electron chi connectivity index (χ3n) is 4.20. The van der Waals surface area contributed by atoms with Gasteiger partial charge in [0.2, 0.25) is 0 Å². The van der Waals surface area contributed by atoms with E-state index in [1.54, 1.807) is 23.2 Å². The largest absolute Gasteiger partial charge is 0.416 e. The van der Waals surface area contributed by atoms with E-state index < -0.39 is 11.7 Å². The number of benzene rings is 1. The molecule has 26 heavy (non-hydrogen) atoms. The van der Waals surface area contributed by atoms with Crippen LogP contribution in [0.1, 0.15) is 21.5 Å². The van der Waals surface area contributed by atoms with Crippen molar-refractivity contribution < 1.29 is 18.0 Å². The zero-order chi connectivity index (χ0) is 18.3. The molecule has 8 heteroatoms. The molecular weight excluding hydrogens is 345 g/mol. The number of fused-ring (bicyclic) bond motifs is 3. The van der Waals surface area contributed by atoms with E-state index in [1.807, 2.05) is 0 Å². The van der Waals surface area contributed by atoms with Crippen LogP contribution in [0, 0.1) is 0 Å². The van der Waals surface area contributed by atoms with Crippen molar-refractivity contribution in [1.29, 1.82) is 0 Å². The number of aromatic nitrogens is 1. The Morgan fingerprint density at radius 2 is 2.12 bits per heavy atom. The second-order valence-electron chi connectivity index (χ2n) is 5.88. The van der Waals surface area contributed by atoms with Crippen molar-refractivity contribution in [2.75, 3.05) is 18.4 Å². The lowest BCUT2D eigenvalue weighted by Crippen LogP contribution is -2.36. The molecule has 0 spiro atoms. The highest BCUT2D eigenvalue weighted by Gasteiger charge is 2.34. The van der Waals surface area contributed by atoms with Gasteiger partial charge in [-0.1, -0.05) is 0 Å². The monoisotopic (exact) mass is 358 g/mol. The molecule has 3 heterocycles. The Bertz CT molecular complexity index is 935. The maximum atomic E-state index is 13.0. The van der Waals surface area contributed by atoms with E-state index in [9.17, 15) is 18.0 Å². The molecule has 0 unspecified atom stereocenters. The highest BCUT2D eigenvalue weighted by Crippen LogP contribution is 2.36. The molecule has 0 amide bonds. The highest BCUT2D eigenvalue weighted by molar-refractivity contribution is 6.10. The summed E-state index contributed by atoms with van der Waals surface area (Å²) in [6.07, 6.45) is -0.0817. The van der Waals surface area contributed by atoms with Crippen LogP contribution in [0.5, 0.6) is 0 Å². The standard InChI is InChI=1S/C18H13F3N4O/c19-18(20,21)12-3-4-13-14(8-12)24-16(25-7-6-23-17(13)25)9-15(26)11-2-1-5-22-10-11/h1-5,8-10,24H,6-7H2. The van der Waals surface area contributed by atoms with E-state index in [-0.39, 0.29) is 11.5 Å². The predicted octanol–water partition coefficient (Wildman–Crippen LogP) is 3.31. The third-order valence-corrected chi connectivity index (χ3v) is 4.20. The number of allylic oxidation sites excluding steroid dienone is 1. The van der Waals surface area contributed by atoms with Gasteiger partial charge in [0.1, 0.15) is 11.7 Å². The van der Waals surface area contributed by atoms with E-state index in [0.29, 0.717) is 35.9 Å². The van der Waals surface area contributed by atoms with Gasteiger partial charge in [0.05, 0.1) is 17.8 Å². The SMILES string of the molecule is O=C(C=C1Nc2cc(C(F)(F)F)ccc2C2=NCCN12)c1cccnc1. The van der Waals surface area contributed by atoms with Gasteiger partial charge in [-0.25, -0.2) is 0 Å². The number of halogens is 3. The molecule has 0 atom stereocenters. The molecule has 0 saturated carbocycles. The lowest BCUT2D eigenvalue weighted by molar-refractivity contribution is -0.137. The number of carbonyl (C=O) groups excluding carboxylic acids is 1. The zero-order valence-electron chi connectivity index (χ0n) is 13.4. The Morgan fingerprint density at radius 3 is 2.85 bits per heavy atom. The first-order chi connectivity index (χ1) is 12.4. The molecule has 1 N–H and O–H groups in total. The molecule has 0 saturated heterocycles. The molecule has 0 bridgehead atoms. The van der Waals surface area contributed by atoms with Gasteiger partial charge in [0.15, 0.2) is 5.78 Å². The fourth-order valence-electron chi connectivity index (χ4n) is 2.97. The van der Waals surface area contributed by atoms with Gasteiger partial charge in [-0.2, -0.15) is 13.2 Å². The Kier molecular flexibility index (Phi) is 3.75. The average Bonchev–Trinajstić information content (AvgIpc) is 3.11. The summed E-state index contributed by atoms with van der Waals surface area (Å²) in [6.45, 7) is 1.06. The normalized spacial score (nSPS) is 17.4. The van der Waals surface area contributed by atoms with Crippen LogP contribution in [0.2, 0.25) is 0 Å². The van der Waals surface area contributed by atoms with Gasteiger partial charge in [-0.3, -0.25) is 14.8 Å². The molecule has 0 aliphatic carbocycles. The molecule has 0 radical (unpaired) electrons. The summed E-state index contributed by atoms with van der Waals surface area (Å²) in [5.74, 6) is 0.682. The van der Waals surface area contributed by atoms with Crippen LogP contribution in [0.4, 0.5) is 18.9 Å². The van der Waals surface area contributed by atoms with Crippen molar-refractivity contribution in [3.05, 3.63) is 71.3 Å². The number of nitrogens with one attached hydrogen (secondary N) is 1. The Hall–Kier alpha value is -3.16. The maximum absolute atomic E-state index is 13.0. The lowest BCUT2D eigenvalue weighted by Gasteiger charge is -2.31. The van der Waals surface area contributed by atoms with Gasteiger partial charge in [0.25, 0.3) is 0 Å². The summed E-state index contributed by atoms with van der Waals surface area (Å²) in [7, 11) is 0. The molecule has 0 fully saturated rings. The van der Waals surface area contributed by atoms with Crippen molar-refractivity contribution in [2.24, 2.45) is 4.99 Å². The number of aliphatic imine (C=N–C) groups is 1. The number of hydrogen-bond acceptors (Lipinski definition) is 5. The number of amidine groups is 1. The molecule has 2 aliphatic heterocycles. The second-order valence-corrected chi connectivity index (χ2v) is 5.88. The molecule has 2 aromatic rings. The summed E-state index contributed by atoms with van der Waals surface area (Å²) < 4.78 is 39.0. The molecule has 1 aromatic heterocycles. The van der Waals surface area contributed by atoms with Gasteiger partial charge >= 0.3 is 6.18 Å². The number of pyridine rings is 1. The highest BCUT2D eigenvalue weighted by atomic mass is 19.4. The molecule has 1 aromatic carbocycles. The fourth-order valence-corrected chi connectivity index (χ4v) is 2.97. The lowest BCUT2D eigenvalue weighted by atomic mass is 10.0. The minimum Gasteiger partial charge on any atom is -0.341 e. The number of alkyl halides is 3. The first kappa shape index (κ1) is 16.3. The number of nitrogens with zero attached hydrogens (tertiary/aromatic N) is 3. The van der Waals surface area contributed by atoms with E-state index in [4.69, 9.17) is 0 Å². The molecule has 2 aliphatic rings. The quantitative estimate of drug-likeness (QED) is 0.661. The molecule has 132 valence electrons. The molecule has 4 rings (SSSR count). The van der Waals surface area contributed by atoms with Gasteiger partial charge < -0.3 is 10.2 Å². The number of hydrogen-bond donors (Lipinski definition) is 1. The fraction of sp³-hybridized carbons (Fsp3) is 0.167. The van der Waals surface area contributed by atoms with Crippen molar-refractivity contribution in [3.8, 4) is 0 Å². The van der Waals surface area contributed by atoms with Crippen LogP contribution < -0.4 is 5.32 Å². The van der Waals surface area contributed by atoms with Crippen molar-refractivity contribution >= 4 is 17.3 Å². The van der Waals surface area contributed by atoms with Crippen LogP contribution in [0.15, 0.2) is 59.6 Å². The summed E-state index contributed by atoms with van der Waals surface area (Å²) >= 11 is 0. The smallest absolute Gasteiger partial charge is 0.341 e. The van der Waals surface area contributed by atoms with E-state index in [0.717, 1.165) is 12.1 Å². The van der Waals surface area contributed by atoms with Crippen LogP contribution >= 0.6 is 0 Å². The van der Waals surface area contributed by atoms with Crippen LogP contribution in [0.3, 0.4) is 0 Å². The van der Waals surface area contributed by atoms with Gasteiger partial charge in [-0.15, -0.1) is 0 Å². The summed E-state index contributed by atoms with van der Waals surface area (Å²) in [4.78, 5) is 22.5. The summed E-state index contributed by atoms with van der Waals surface area (Å²) in [6, 6.07) is 6.75. The maximum Gasteiger partial charge on any atom is 0.416 e. The number of ketones is 1. The molecular formula is C18H13F3N4O. The Balaban J connectivity index is 1.74. The van der Waals surface area contributed by atoms with Gasteiger partial charge in [0, 0.05) is 36.1 Å². The summed E-state index contributed by atoms with van der Waals surface area (Å²) in [5.41, 5.74) is 0.506. The number of carbonyl (C=O) groups is 1.